The van der Waals surface area contributed by atoms with Gasteiger partial charge in [-0.3, -0.25) is 9.59 Å². The van der Waals surface area contributed by atoms with Gasteiger partial charge in [0.15, 0.2) is 11.9 Å². The SMILES string of the molecule is O=C(CC(F)C(F)F)C(=O)c1ccco1. The molecule has 0 aromatic carbocycles. The van der Waals surface area contributed by atoms with Crippen LogP contribution in [0.1, 0.15) is 17.0 Å². The molecule has 0 aliphatic heterocycles. The zero-order valence-electron chi connectivity index (χ0n) is 7.45. The monoisotopic (exact) mass is 220 g/mol. The summed E-state index contributed by atoms with van der Waals surface area (Å²) < 4.78 is 40.5. The third-order valence-corrected chi connectivity index (χ3v) is 1.65. The van der Waals surface area contributed by atoms with Crippen molar-refractivity contribution in [2.45, 2.75) is 19.0 Å². The van der Waals surface area contributed by atoms with Crippen LogP contribution < -0.4 is 0 Å². The standard InChI is InChI=1S/C9H7F3O3/c10-5(9(11)12)4-6(13)8(14)7-2-1-3-15-7/h1-3,5,9H,4H2. The van der Waals surface area contributed by atoms with Crippen LogP contribution in [0.2, 0.25) is 0 Å². The predicted molar refractivity (Wildman–Crippen MR) is 43.6 cm³/mol. The molecule has 0 saturated carbocycles. The van der Waals surface area contributed by atoms with Crippen molar-refractivity contribution in [3.8, 4) is 0 Å². The van der Waals surface area contributed by atoms with Crippen molar-refractivity contribution in [3.05, 3.63) is 24.2 Å². The predicted octanol–water partition coefficient (Wildman–Crippen LogP) is 2.02. The summed E-state index contributed by atoms with van der Waals surface area (Å²) in [6.07, 6.45) is -5.85. The van der Waals surface area contributed by atoms with Crippen LogP contribution in [-0.4, -0.2) is 24.2 Å². The Morgan fingerprint density at radius 1 is 1.33 bits per heavy atom. The Hall–Kier alpha value is -1.59. The van der Waals surface area contributed by atoms with Gasteiger partial charge in [0.1, 0.15) is 0 Å². The quantitative estimate of drug-likeness (QED) is 0.563. The summed E-state index contributed by atoms with van der Waals surface area (Å²) in [5.74, 6) is -2.59. The lowest BCUT2D eigenvalue weighted by Crippen LogP contribution is -2.22. The van der Waals surface area contributed by atoms with Gasteiger partial charge in [0.05, 0.1) is 12.7 Å². The van der Waals surface area contributed by atoms with Gasteiger partial charge in [-0.2, -0.15) is 0 Å². The van der Waals surface area contributed by atoms with Crippen LogP contribution in [0.25, 0.3) is 0 Å². The van der Waals surface area contributed by atoms with Crippen LogP contribution in [-0.2, 0) is 4.79 Å². The summed E-state index contributed by atoms with van der Waals surface area (Å²) in [4.78, 5) is 22.1. The molecule has 0 N–H and O–H groups in total. The number of hydrogen-bond donors (Lipinski definition) is 0. The molecule has 15 heavy (non-hydrogen) atoms. The van der Waals surface area contributed by atoms with E-state index in [9.17, 15) is 22.8 Å². The van der Waals surface area contributed by atoms with Gasteiger partial charge in [-0.05, 0) is 12.1 Å². The third-order valence-electron chi connectivity index (χ3n) is 1.65. The second kappa shape index (κ2) is 4.77. The first-order chi connectivity index (χ1) is 7.02. The lowest BCUT2D eigenvalue weighted by atomic mass is 10.1. The lowest BCUT2D eigenvalue weighted by Gasteiger charge is -2.03. The maximum absolute atomic E-state index is 12.4. The molecule has 0 spiro atoms. The highest BCUT2D eigenvalue weighted by Gasteiger charge is 2.27. The average Bonchev–Trinajstić information content (AvgIpc) is 2.68. The summed E-state index contributed by atoms with van der Waals surface area (Å²) in [7, 11) is 0. The summed E-state index contributed by atoms with van der Waals surface area (Å²) in [6, 6.07) is 2.57. The maximum Gasteiger partial charge on any atom is 0.269 e. The molecule has 1 rings (SSSR count). The molecule has 0 bridgehead atoms. The Morgan fingerprint density at radius 2 is 2.00 bits per heavy atom. The Morgan fingerprint density at radius 3 is 2.47 bits per heavy atom. The van der Waals surface area contributed by atoms with Crippen molar-refractivity contribution in [1.29, 1.82) is 0 Å². The van der Waals surface area contributed by atoms with E-state index in [-0.39, 0.29) is 5.76 Å². The first kappa shape index (κ1) is 11.5. The van der Waals surface area contributed by atoms with Crippen molar-refractivity contribution in [2.75, 3.05) is 0 Å². The maximum atomic E-state index is 12.4. The van der Waals surface area contributed by atoms with Crippen molar-refractivity contribution in [2.24, 2.45) is 0 Å². The zero-order chi connectivity index (χ0) is 11.4. The molecule has 0 aliphatic rings. The molecule has 1 aromatic heterocycles. The topological polar surface area (TPSA) is 47.3 Å². The van der Waals surface area contributed by atoms with Crippen LogP contribution in [0.4, 0.5) is 13.2 Å². The van der Waals surface area contributed by atoms with Gasteiger partial charge in [-0.15, -0.1) is 0 Å². The number of furan rings is 1. The normalized spacial score (nSPS) is 12.8. The largest absolute Gasteiger partial charge is 0.461 e. The van der Waals surface area contributed by atoms with E-state index in [2.05, 4.69) is 4.42 Å². The molecular weight excluding hydrogens is 213 g/mol. The van der Waals surface area contributed by atoms with Gasteiger partial charge < -0.3 is 4.42 Å². The van der Waals surface area contributed by atoms with Crippen LogP contribution >= 0.6 is 0 Å². The minimum Gasteiger partial charge on any atom is -0.461 e. The van der Waals surface area contributed by atoms with Gasteiger partial charge in [-0.25, -0.2) is 13.2 Å². The van der Waals surface area contributed by atoms with Crippen molar-refractivity contribution in [1.82, 2.24) is 0 Å². The Balaban J connectivity index is 2.59. The number of ketones is 2. The molecule has 1 aromatic rings. The minimum atomic E-state index is -3.27. The smallest absolute Gasteiger partial charge is 0.269 e. The second-order valence-electron chi connectivity index (χ2n) is 2.78. The van der Waals surface area contributed by atoms with Crippen LogP contribution in [0.3, 0.4) is 0 Å². The number of halogens is 3. The fraction of sp³-hybridized carbons (Fsp3) is 0.333. The van der Waals surface area contributed by atoms with E-state index in [1.54, 1.807) is 0 Å². The van der Waals surface area contributed by atoms with Gasteiger partial charge in [0, 0.05) is 0 Å². The Bertz CT molecular complexity index is 345. The van der Waals surface area contributed by atoms with Gasteiger partial charge >= 0.3 is 0 Å². The highest BCUT2D eigenvalue weighted by molar-refractivity contribution is 6.43. The van der Waals surface area contributed by atoms with Gasteiger partial charge in [-0.1, -0.05) is 0 Å². The number of Topliss-reactive ketones (excluding diaryl/α,β-unsaturated/α-hetero) is 2. The van der Waals surface area contributed by atoms with E-state index >= 15 is 0 Å². The minimum absolute atomic E-state index is 0.276. The van der Waals surface area contributed by atoms with Gasteiger partial charge in [0.25, 0.3) is 12.2 Å². The number of rotatable bonds is 5. The Kier molecular flexibility index (Phi) is 3.65. The summed E-state index contributed by atoms with van der Waals surface area (Å²) >= 11 is 0. The zero-order valence-corrected chi connectivity index (χ0v) is 7.45. The summed E-state index contributed by atoms with van der Waals surface area (Å²) in [5, 5.41) is 0. The lowest BCUT2D eigenvalue weighted by molar-refractivity contribution is -0.117. The van der Waals surface area contributed by atoms with E-state index in [0.717, 1.165) is 6.26 Å². The summed E-state index contributed by atoms with van der Waals surface area (Å²) in [6.45, 7) is 0. The molecule has 1 heterocycles. The van der Waals surface area contributed by atoms with Crippen LogP contribution in [0.15, 0.2) is 22.8 Å². The molecule has 3 nitrogen and oxygen atoms in total. The number of hydrogen-bond acceptors (Lipinski definition) is 3. The molecule has 0 fully saturated rings. The molecule has 0 radical (unpaired) electrons. The second-order valence-corrected chi connectivity index (χ2v) is 2.78. The van der Waals surface area contributed by atoms with Crippen molar-refractivity contribution in [3.63, 3.8) is 0 Å². The van der Waals surface area contributed by atoms with Crippen molar-refractivity contribution < 1.29 is 27.2 Å². The fourth-order valence-electron chi connectivity index (χ4n) is 0.904. The molecule has 0 aliphatic carbocycles. The van der Waals surface area contributed by atoms with Crippen LogP contribution in [0.5, 0.6) is 0 Å². The molecule has 0 amide bonds. The first-order valence-electron chi connectivity index (χ1n) is 4.05. The molecule has 1 atom stereocenters. The molecule has 82 valence electrons. The van der Waals surface area contributed by atoms with E-state index in [1.807, 2.05) is 0 Å². The van der Waals surface area contributed by atoms with E-state index in [0.29, 0.717) is 0 Å². The fourth-order valence-corrected chi connectivity index (χ4v) is 0.904. The van der Waals surface area contributed by atoms with Crippen molar-refractivity contribution >= 4 is 11.6 Å². The average molecular weight is 220 g/mol. The van der Waals surface area contributed by atoms with Gasteiger partial charge in [0.2, 0.25) is 5.78 Å². The summed E-state index contributed by atoms with van der Waals surface area (Å²) in [5.41, 5.74) is 0. The highest BCUT2D eigenvalue weighted by atomic mass is 19.3. The number of carbonyl (C=O) groups excluding carboxylic acids is 2. The molecule has 6 heteroatoms. The molecule has 1 unspecified atom stereocenters. The first-order valence-corrected chi connectivity index (χ1v) is 4.05. The van der Waals surface area contributed by atoms with Crippen LogP contribution in [0, 0.1) is 0 Å². The molecule has 0 saturated heterocycles. The molecular formula is C9H7F3O3. The number of carbonyl (C=O) groups is 2. The number of alkyl halides is 3. The van der Waals surface area contributed by atoms with E-state index in [4.69, 9.17) is 0 Å². The van der Waals surface area contributed by atoms with E-state index in [1.165, 1.54) is 12.1 Å². The van der Waals surface area contributed by atoms with E-state index < -0.39 is 30.6 Å². The Labute approximate surface area is 82.9 Å². The third kappa shape index (κ3) is 2.93. The highest BCUT2D eigenvalue weighted by Crippen LogP contribution is 2.12.